The van der Waals surface area contributed by atoms with E-state index in [0.29, 0.717) is 0 Å². The summed E-state index contributed by atoms with van der Waals surface area (Å²) in [5.41, 5.74) is 5.96. The van der Waals surface area contributed by atoms with E-state index >= 15 is 0 Å². The van der Waals surface area contributed by atoms with Crippen molar-refractivity contribution in [3.05, 3.63) is 50.8 Å². The Morgan fingerprint density at radius 2 is 1.90 bits per heavy atom. The average molecular weight is 319 g/mol. The fourth-order valence-corrected chi connectivity index (χ4v) is 4.59. The van der Waals surface area contributed by atoms with Gasteiger partial charge in [-0.25, -0.2) is 0 Å². The van der Waals surface area contributed by atoms with Gasteiger partial charge in [0.1, 0.15) is 0 Å². The largest absolute Gasteiger partial charge is 0.123 e. The summed E-state index contributed by atoms with van der Waals surface area (Å²) in [4.78, 5) is 1.48. The van der Waals surface area contributed by atoms with E-state index in [1.807, 2.05) is 23.5 Å². The Hall–Kier alpha value is -0.600. The van der Waals surface area contributed by atoms with Crippen molar-refractivity contribution in [2.45, 2.75) is 52.9 Å². The Morgan fingerprint density at radius 1 is 1.14 bits per heavy atom. The summed E-state index contributed by atoms with van der Waals surface area (Å²) in [5, 5.41) is 0. The second kappa shape index (κ2) is 8.14. The minimum atomic E-state index is 1.12. The molecule has 114 valence electrons. The maximum atomic E-state index is 2.42. The van der Waals surface area contributed by atoms with Gasteiger partial charge < -0.3 is 0 Å². The van der Waals surface area contributed by atoms with Crippen LogP contribution >= 0.6 is 23.5 Å². The molecular weight excluding hydrogens is 292 g/mol. The van der Waals surface area contributed by atoms with E-state index in [1.54, 1.807) is 5.57 Å². The molecule has 0 aromatic heterocycles. The summed E-state index contributed by atoms with van der Waals surface area (Å²) in [6, 6.07) is 7.07. The monoisotopic (exact) mass is 318 g/mol. The lowest BCUT2D eigenvalue weighted by Gasteiger charge is -2.18. The van der Waals surface area contributed by atoms with Gasteiger partial charge in [-0.05, 0) is 62.0 Å². The van der Waals surface area contributed by atoms with Crippen LogP contribution < -0.4 is 0 Å². The molecule has 1 aromatic rings. The van der Waals surface area contributed by atoms with Crippen molar-refractivity contribution >= 4 is 28.4 Å². The van der Waals surface area contributed by atoms with E-state index in [0.717, 1.165) is 12.8 Å². The molecule has 0 saturated carbocycles. The van der Waals surface area contributed by atoms with Gasteiger partial charge in [0.25, 0.3) is 0 Å². The van der Waals surface area contributed by atoms with E-state index in [9.17, 15) is 0 Å². The van der Waals surface area contributed by atoms with Crippen LogP contribution in [0.5, 0.6) is 0 Å². The fourth-order valence-electron chi connectivity index (χ4n) is 2.80. The second-order valence-corrected chi connectivity index (χ2v) is 7.68. The van der Waals surface area contributed by atoms with Crippen LogP contribution in [-0.2, 0) is 12.8 Å². The van der Waals surface area contributed by atoms with Crippen molar-refractivity contribution in [3.8, 4) is 0 Å². The van der Waals surface area contributed by atoms with Crippen molar-refractivity contribution in [3.63, 3.8) is 0 Å². The van der Waals surface area contributed by atoms with Crippen LogP contribution in [0.3, 0.4) is 0 Å². The number of hydrogen-bond donors (Lipinski definition) is 0. The number of benzene rings is 1. The molecule has 0 aliphatic carbocycles. The van der Waals surface area contributed by atoms with E-state index in [2.05, 4.69) is 51.3 Å². The highest BCUT2D eigenvalue weighted by Gasteiger charge is 2.13. The van der Waals surface area contributed by atoms with Gasteiger partial charge in [0.05, 0.1) is 0 Å². The molecule has 1 aromatic carbocycles. The third-order valence-corrected chi connectivity index (χ3v) is 6.56. The van der Waals surface area contributed by atoms with Crippen LogP contribution in [0.4, 0.5) is 0 Å². The first-order valence-corrected chi connectivity index (χ1v) is 9.97. The maximum Gasteiger partial charge on any atom is 0.0407 e. The number of thioether (sulfide) groups is 2. The molecule has 0 amide bonds. The first kappa shape index (κ1) is 16.8. The standard InChI is InChI=1S/C19H26S2/c1-5-15-11-12-17(13-16(15)6-2)19-14(3)9-7-8-10-18(20-4)21-19/h10-13H,5-9H2,1-4H3/b18-10-,19-14+. The van der Waals surface area contributed by atoms with Gasteiger partial charge in [0.15, 0.2) is 0 Å². The summed E-state index contributed by atoms with van der Waals surface area (Å²) in [6.07, 6.45) is 10.5. The van der Waals surface area contributed by atoms with Crippen LogP contribution in [-0.4, -0.2) is 6.26 Å². The van der Waals surface area contributed by atoms with Crippen molar-refractivity contribution in [2.24, 2.45) is 0 Å². The van der Waals surface area contributed by atoms with Crippen molar-refractivity contribution in [2.75, 3.05) is 6.26 Å². The molecule has 0 N–H and O–H groups in total. The van der Waals surface area contributed by atoms with Gasteiger partial charge in [-0.15, -0.1) is 11.8 Å². The van der Waals surface area contributed by atoms with Crippen LogP contribution in [0.25, 0.3) is 4.91 Å². The molecule has 1 aliphatic heterocycles. The zero-order chi connectivity index (χ0) is 15.2. The summed E-state index contributed by atoms with van der Waals surface area (Å²) in [6.45, 7) is 6.82. The maximum absolute atomic E-state index is 2.42. The molecule has 0 radical (unpaired) electrons. The molecule has 0 spiro atoms. The third kappa shape index (κ3) is 4.20. The second-order valence-electron chi connectivity index (χ2n) is 5.52. The van der Waals surface area contributed by atoms with Gasteiger partial charge >= 0.3 is 0 Å². The quantitative estimate of drug-likeness (QED) is 0.608. The average Bonchev–Trinajstić information content (AvgIpc) is 2.51. The molecule has 2 rings (SSSR count). The topological polar surface area (TPSA) is 0 Å². The predicted octanol–water partition coefficient (Wildman–Crippen LogP) is 6.66. The van der Waals surface area contributed by atoms with Crippen molar-refractivity contribution < 1.29 is 0 Å². The molecule has 0 bridgehead atoms. The number of allylic oxidation sites excluding steroid dienone is 2. The first-order valence-electron chi connectivity index (χ1n) is 7.93. The highest BCUT2D eigenvalue weighted by Crippen LogP contribution is 2.43. The van der Waals surface area contributed by atoms with Crippen LogP contribution in [0, 0.1) is 0 Å². The van der Waals surface area contributed by atoms with Crippen LogP contribution in [0.15, 0.2) is 34.1 Å². The lowest BCUT2D eigenvalue weighted by Crippen LogP contribution is -1.95. The smallest absolute Gasteiger partial charge is 0.0407 e. The molecule has 1 aliphatic rings. The molecule has 21 heavy (non-hydrogen) atoms. The lowest BCUT2D eigenvalue weighted by molar-refractivity contribution is 0.835. The summed E-state index contributed by atoms with van der Waals surface area (Å²) in [7, 11) is 0. The van der Waals surface area contributed by atoms with E-state index in [4.69, 9.17) is 0 Å². The predicted molar refractivity (Wildman–Crippen MR) is 101 cm³/mol. The zero-order valence-electron chi connectivity index (χ0n) is 13.7. The molecular formula is C19H26S2. The minimum Gasteiger partial charge on any atom is -0.123 e. The van der Waals surface area contributed by atoms with Gasteiger partial charge in [0.2, 0.25) is 0 Å². The Balaban J connectivity index is 2.41. The SMILES string of the molecule is CCc1ccc(/C2=C(/C)CCC/C=C(/SC)S2)cc1CC. The highest BCUT2D eigenvalue weighted by atomic mass is 32.2. The van der Waals surface area contributed by atoms with Crippen LogP contribution in [0.2, 0.25) is 0 Å². The normalized spacial score (nSPS) is 22.4. The summed E-state index contributed by atoms with van der Waals surface area (Å²) < 4.78 is 1.45. The van der Waals surface area contributed by atoms with Crippen molar-refractivity contribution in [1.82, 2.24) is 0 Å². The molecule has 2 heteroatoms. The Bertz CT molecular complexity index is 553. The number of aryl methyl sites for hydroxylation is 2. The minimum absolute atomic E-state index is 1.12. The fraction of sp³-hybridized carbons (Fsp3) is 0.474. The van der Waals surface area contributed by atoms with Gasteiger partial charge in [-0.2, -0.15) is 0 Å². The molecule has 1 heterocycles. The van der Waals surface area contributed by atoms with Gasteiger partial charge in [-0.3, -0.25) is 0 Å². The van der Waals surface area contributed by atoms with Gasteiger partial charge in [0, 0.05) is 9.14 Å². The number of rotatable bonds is 4. The molecule has 0 fully saturated rings. The molecule has 0 atom stereocenters. The Morgan fingerprint density at radius 3 is 2.57 bits per heavy atom. The number of hydrogen-bond acceptors (Lipinski definition) is 2. The lowest BCUT2D eigenvalue weighted by atomic mass is 9.98. The van der Waals surface area contributed by atoms with Crippen LogP contribution in [0.1, 0.15) is 56.7 Å². The molecule has 0 nitrogen and oxygen atoms in total. The Kier molecular flexibility index (Phi) is 6.50. The van der Waals surface area contributed by atoms with E-state index in [-0.39, 0.29) is 0 Å². The third-order valence-electron chi connectivity index (χ3n) is 4.09. The first-order chi connectivity index (χ1) is 10.2. The molecule has 0 saturated heterocycles. The zero-order valence-corrected chi connectivity index (χ0v) is 15.3. The van der Waals surface area contributed by atoms with Crippen molar-refractivity contribution in [1.29, 1.82) is 0 Å². The van der Waals surface area contributed by atoms with E-state index in [1.165, 1.54) is 45.1 Å². The van der Waals surface area contributed by atoms with E-state index < -0.39 is 0 Å². The molecule has 0 unspecified atom stereocenters. The summed E-state index contributed by atoms with van der Waals surface area (Å²) >= 11 is 3.84. The Labute approximate surface area is 138 Å². The summed E-state index contributed by atoms with van der Waals surface area (Å²) in [5.74, 6) is 0. The highest BCUT2D eigenvalue weighted by molar-refractivity contribution is 8.26. The van der Waals surface area contributed by atoms with Gasteiger partial charge in [-0.1, -0.05) is 55.5 Å².